The van der Waals surface area contributed by atoms with Crippen molar-refractivity contribution in [1.82, 2.24) is 0 Å². The zero-order chi connectivity index (χ0) is 52.2. The Bertz CT molecular complexity index is 1290. The molecule has 0 saturated carbocycles. The molecule has 6 heteroatoms. The quantitative estimate of drug-likeness (QED) is 0.0261. The van der Waals surface area contributed by atoms with Crippen molar-refractivity contribution in [1.29, 1.82) is 0 Å². The Hall–Kier alpha value is -2.89. The Morgan fingerprint density at radius 1 is 0.292 bits per heavy atom. The molecule has 1 unspecified atom stereocenters. The van der Waals surface area contributed by atoms with Crippen molar-refractivity contribution in [2.75, 3.05) is 13.2 Å². The van der Waals surface area contributed by atoms with Crippen molar-refractivity contribution in [2.45, 2.75) is 329 Å². The van der Waals surface area contributed by atoms with Crippen LogP contribution in [-0.4, -0.2) is 37.2 Å². The lowest BCUT2D eigenvalue weighted by Crippen LogP contribution is -2.30. The molecule has 0 aromatic heterocycles. The standard InChI is InChI=1S/C66H118O6/c1-4-7-10-13-16-19-22-23-24-25-26-27-28-29-30-31-32-33-34-35-36-37-38-39-40-41-42-43-45-47-50-53-56-59-65(68)71-62-63(61-70-64(67)58-55-52-49-46-21-18-15-12-9-6-3)72-66(69)60-57-54-51-48-44-20-17-14-11-8-5-2/h7,10,12,15-16,19,23-24,26-27,63H,4-6,8-9,11,13-14,17-18,20-22,25,28-62H2,1-3H3/b10-7-,15-12-,19-16-,24-23-,27-26-. The number of hydrogen-bond donors (Lipinski definition) is 0. The van der Waals surface area contributed by atoms with E-state index in [1.54, 1.807) is 0 Å². The average Bonchev–Trinajstić information content (AvgIpc) is 3.38. The molecule has 0 fully saturated rings. The molecule has 0 aliphatic carbocycles. The summed E-state index contributed by atoms with van der Waals surface area (Å²) in [6.07, 6.45) is 76.9. The first kappa shape index (κ1) is 69.1. The van der Waals surface area contributed by atoms with E-state index in [1.165, 1.54) is 186 Å². The summed E-state index contributed by atoms with van der Waals surface area (Å²) in [6.45, 7) is 6.48. The van der Waals surface area contributed by atoms with E-state index in [2.05, 4.69) is 81.5 Å². The van der Waals surface area contributed by atoms with Crippen LogP contribution in [0.15, 0.2) is 60.8 Å². The minimum absolute atomic E-state index is 0.0713. The molecule has 0 bridgehead atoms. The van der Waals surface area contributed by atoms with Gasteiger partial charge < -0.3 is 14.2 Å². The van der Waals surface area contributed by atoms with E-state index in [0.717, 1.165) is 96.3 Å². The monoisotopic (exact) mass is 1010 g/mol. The summed E-state index contributed by atoms with van der Waals surface area (Å²) < 4.78 is 16.8. The lowest BCUT2D eigenvalue weighted by molar-refractivity contribution is -0.167. The number of allylic oxidation sites excluding steroid dienone is 10. The van der Waals surface area contributed by atoms with Crippen LogP contribution < -0.4 is 0 Å². The molecule has 0 saturated heterocycles. The van der Waals surface area contributed by atoms with Gasteiger partial charge in [0.15, 0.2) is 6.10 Å². The van der Waals surface area contributed by atoms with Crippen LogP contribution in [0, 0.1) is 0 Å². The van der Waals surface area contributed by atoms with Crippen molar-refractivity contribution >= 4 is 17.9 Å². The van der Waals surface area contributed by atoms with Gasteiger partial charge in [0, 0.05) is 19.3 Å². The molecule has 6 nitrogen and oxygen atoms in total. The Balaban J connectivity index is 3.98. The fourth-order valence-corrected chi connectivity index (χ4v) is 9.09. The minimum Gasteiger partial charge on any atom is -0.462 e. The summed E-state index contributed by atoms with van der Waals surface area (Å²) in [7, 11) is 0. The van der Waals surface area contributed by atoms with Gasteiger partial charge in [0.05, 0.1) is 0 Å². The molecule has 0 aliphatic heterocycles. The lowest BCUT2D eigenvalue weighted by atomic mass is 10.0. The van der Waals surface area contributed by atoms with E-state index < -0.39 is 6.10 Å². The van der Waals surface area contributed by atoms with E-state index in [9.17, 15) is 14.4 Å². The molecular formula is C66H118O6. The van der Waals surface area contributed by atoms with Crippen LogP contribution >= 0.6 is 0 Å². The first-order valence-corrected chi connectivity index (χ1v) is 31.3. The third-order valence-electron chi connectivity index (χ3n) is 13.7. The molecule has 0 spiro atoms. The molecule has 0 aromatic rings. The second-order valence-electron chi connectivity index (χ2n) is 20.9. The van der Waals surface area contributed by atoms with Gasteiger partial charge in [0.25, 0.3) is 0 Å². The number of carbonyl (C=O) groups is 3. The molecule has 0 aromatic carbocycles. The highest BCUT2D eigenvalue weighted by molar-refractivity contribution is 5.71. The van der Waals surface area contributed by atoms with Gasteiger partial charge in [-0.25, -0.2) is 0 Å². The van der Waals surface area contributed by atoms with Crippen LogP contribution in [0.4, 0.5) is 0 Å². The smallest absolute Gasteiger partial charge is 0.306 e. The van der Waals surface area contributed by atoms with Crippen molar-refractivity contribution in [3.8, 4) is 0 Å². The molecule has 0 radical (unpaired) electrons. The SMILES string of the molecule is CC/C=C\C/C=C\C/C=C\C/C=C\CCCCCCCCCCCCCCCCCCCCCCC(=O)OCC(COC(=O)CCCCCCC/C=C\CCC)OC(=O)CCCCCCCCCCCCC. The second-order valence-corrected chi connectivity index (χ2v) is 20.9. The highest BCUT2D eigenvalue weighted by Gasteiger charge is 2.19. The number of rotatable bonds is 57. The predicted octanol–water partition coefficient (Wildman–Crippen LogP) is 21.2. The van der Waals surface area contributed by atoms with Crippen LogP contribution in [0.2, 0.25) is 0 Å². The minimum atomic E-state index is -0.771. The first-order chi connectivity index (χ1) is 35.5. The summed E-state index contributed by atoms with van der Waals surface area (Å²) >= 11 is 0. The van der Waals surface area contributed by atoms with Gasteiger partial charge in [-0.15, -0.1) is 0 Å². The third-order valence-corrected chi connectivity index (χ3v) is 13.7. The van der Waals surface area contributed by atoms with Gasteiger partial charge >= 0.3 is 17.9 Å². The Morgan fingerprint density at radius 2 is 0.569 bits per heavy atom. The summed E-state index contributed by atoms with van der Waals surface area (Å²) in [4.78, 5) is 38.0. The van der Waals surface area contributed by atoms with Gasteiger partial charge in [0.1, 0.15) is 13.2 Å². The third kappa shape index (κ3) is 58.0. The highest BCUT2D eigenvalue weighted by Crippen LogP contribution is 2.17. The summed E-state index contributed by atoms with van der Waals surface area (Å²) in [5.74, 6) is -0.868. The number of carbonyl (C=O) groups excluding carboxylic acids is 3. The molecule has 0 N–H and O–H groups in total. The van der Waals surface area contributed by atoms with Gasteiger partial charge in [-0.05, 0) is 77.0 Å². The Kier molecular flexibility index (Phi) is 58.2. The molecule has 1 atom stereocenters. The van der Waals surface area contributed by atoms with E-state index in [4.69, 9.17) is 14.2 Å². The zero-order valence-corrected chi connectivity index (χ0v) is 47.9. The van der Waals surface area contributed by atoms with Crippen LogP contribution in [0.5, 0.6) is 0 Å². The zero-order valence-electron chi connectivity index (χ0n) is 47.9. The molecule has 0 amide bonds. The van der Waals surface area contributed by atoms with Gasteiger partial charge in [0.2, 0.25) is 0 Å². The first-order valence-electron chi connectivity index (χ1n) is 31.3. The number of ether oxygens (including phenoxy) is 3. The normalized spacial score (nSPS) is 12.4. The fraction of sp³-hybridized carbons (Fsp3) is 0.803. The Labute approximate surface area is 447 Å². The lowest BCUT2D eigenvalue weighted by Gasteiger charge is -2.18. The van der Waals surface area contributed by atoms with Gasteiger partial charge in [-0.1, -0.05) is 287 Å². The maximum Gasteiger partial charge on any atom is 0.306 e. The van der Waals surface area contributed by atoms with Gasteiger partial charge in [-0.3, -0.25) is 14.4 Å². The van der Waals surface area contributed by atoms with E-state index >= 15 is 0 Å². The van der Waals surface area contributed by atoms with Gasteiger partial charge in [-0.2, -0.15) is 0 Å². The molecular weight excluding hydrogens is 889 g/mol. The molecule has 418 valence electrons. The molecule has 0 aliphatic rings. The molecule has 72 heavy (non-hydrogen) atoms. The predicted molar refractivity (Wildman–Crippen MR) is 312 cm³/mol. The molecule has 0 heterocycles. The number of unbranched alkanes of at least 4 members (excludes halogenated alkanes) is 36. The maximum absolute atomic E-state index is 12.8. The number of hydrogen-bond acceptors (Lipinski definition) is 6. The van der Waals surface area contributed by atoms with Crippen LogP contribution in [0.1, 0.15) is 323 Å². The summed E-state index contributed by atoms with van der Waals surface area (Å²) in [5.41, 5.74) is 0. The Morgan fingerprint density at radius 3 is 0.917 bits per heavy atom. The van der Waals surface area contributed by atoms with E-state index in [0.29, 0.717) is 19.3 Å². The van der Waals surface area contributed by atoms with Crippen LogP contribution in [-0.2, 0) is 28.6 Å². The fourth-order valence-electron chi connectivity index (χ4n) is 9.09. The second kappa shape index (κ2) is 60.7. The average molecular weight is 1010 g/mol. The van der Waals surface area contributed by atoms with Crippen LogP contribution in [0.3, 0.4) is 0 Å². The summed E-state index contributed by atoms with van der Waals surface area (Å²) in [6, 6.07) is 0. The molecule has 0 rings (SSSR count). The highest BCUT2D eigenvalue weighted by atomic mass is 16.6. The maximum atomic E-state index is 12.8. The van der Waals surface area contributed by atoms with Crippen molar-refractivity contribution in [3.05, 3.63) is 60.8 Å². The van der Waals surface area contributed by atoms with Crippen molar-refractivity contribution in [3.63, 3.8) is 0 Å². The van der Waals surface area contributed by atoms with Crippen molar-refractivity contribution < 1.29 is 28.6 Å². The van der Waals surface area contributed by atoms with E-state index in [-0.39, 0.29) is 31.1 Å². The van der Waals surface area contributed by atoms with E-state index in [1.807, 2.05) is 0 Å². The van der Waals surface area contributed by atoms with Crippen molar-refractivity contribution in [2.24, 2.45) is 0 Å². The topological polar surface area (TPSA) is 78.9 Å². The summed E-state index contributed by atoms with van der Waals surface area (Å²) in [5, 5.41) is 0. The largest absolute Gasteiger partial charge is 0.462 e. The number of esters is 3. The van der Waals surface area contributed by atoms with Crippen LogP contribution in [0.25, 0.3) is 0 Å².